The standard InChI is InChI=1S/C21H29N3O3S2/c1-15(2)24(3)29(26,27)17-12-10-16(11-13-17)21(25)22-14-6-9-20-23-18-7-4-5-8-19(18)28-20/h10-13,15H,4-9,14H2,1-3H3,(H,22,25). The molecule has 1 aliphatic rings. The molecule has 6 nitrogen and oxygen atoms in total. The monoisotopic (exact) mass is 435 g/mol. The van der Waals surface area contributed by atoms with Crippen molar-refractivity contribution in [3.63, 3.8) is 0 Å². The second-order valence-electron chi connectivity index (χ2n) is 7.68. The minimum absolute atomic E-state index is 0.133. The molecule has 1 aliphatic carbocycles. The molecule has 0 radical (unpaired) electrons. The summed E-state index contributed by atoms with van der Waals surface area (Å²) in [6.07, 6.45) is 6.46. The van der Waals surface area contributed by atoms with Gasteiger partial charge in [-0.25, -0.2) is 13.4 Å². The van der Waals surface area contributed by atoms with Gasteiger partial charge in [0.05, 0.1) is 15.6 Å². The van der Waals surface area contributed by atoms with Crippen LogP contribution in [0.5, 0.6) is 0 Å². The first-order valence-corrected chi connectivity index (χ1v) is 12.4. The lowest BCUT2D eigenvalue weighted by molar-refractivity contribution is 0.0953. The SMILES string of the molecule is CC(C)N(C)S(=O)(=O)c1ccc(C(=O)NCCCc2nc3c(s2)CCCC3)cc1. The van der Waals surface area contributed by atoms with Crippen LogP contribution in [0.4, 0.5) is 0 Å². The fourth-order valence-electron chi connectivity index (χ4n) is 3.28. The van der Waals surface area contributed by atoms with E-state index in [1.54, 1.807) is 19.2 Å². The minimum Gasteiger partial charge on any atom is -0.352 e. The molecule has 1 aromatic heterocycles. The molecule has 1 N–H and O–H groups in total. The van der Waals surface area contributed by atoms with E-state index in [-0.39, 0.29) is 16.8 Å². The molecule has 29 heavy (non-hydrogen) atoms. The Kier molecular flexibility index (Phi) is 7.08. The Bertz CT molecular complexity index is 927. The number of nitrogens with one attached hydrogen (secondary N) is 1. The van der Waals surface area contributed by atoms with Crippen molar-refractivity contribution in [1.82, 2.24) is 14.6 Å². The number of aromatic nitrogens is 1. The molecule has 0 saturated carbocycles. The van der Waals surface area contributed by atoms with Crippen molar-refractivity contribution in [3.05, 3.63) is 45.4 Å². The van der Waals surface area contributed by atoms with Crippen molar-refractivity contribution in [3.8, 4) is 0 Å². The predicted octanol–water partition coefficient (Wildman–Crippen LogP) is 3.41. The summed E-state index contributed by atoms with van der Waals surface area (Å²) in [5.74, 6) is -0.190. The zero-order valence-electron chi connectivity index (χ0n) is 17.3. The van der Waals surface area contributed by atoms with Crippen molar-refractivity contribution >= 4 is 27.3 Å². The van der Waals surface area contributed by atoms with Crippen LogP contribution in [0.1, 0.15) is 59.0 Å². The summed E-state index contributed by atoms with van der Waals surface area (Å²) in [5, 5.41) is 4.07. The van der Waals surface area contributed by atoms with Crippen LogP contribution in [-0.2, 0) is 29.3 Å². The van der Waals surface area contributed by atoms with Gasteiger partial charge < -0.3 is 5.32 Å². The maximum Gasteiger partial charge on any atom is 0.251 e. The van der Waals surface area contributed by atoms with Crippen molar-refractivity contribution in [2.45, 2.75) is 63.3 Å². The van der Waals surface area contributed by atoms with Gasteiger partial charge in [0.25, 0.3) is 5.91 Å². The van der Waals surface area contributed by atoms with E-state index in [1.165, 1.54) is 39.9 Å². The van der Waals surface area contributed by atoms with E-state index in [2.05, 4.69) is 5.32 Å². The normalized spacial score (nSPS) is 14.2. The van der Waals surface area contributed by atoms with Gasteiger partial charge in [-0.2, -0.15) is 4.31 Å². The van der Waals surface area contributed by atoms with Gasteiger partial charge in [0, 0.05) is 36.5 Å². The van der Waals surface area contributed by atoms with Crippen LogP contribution >= 0.6 is 11.3 Å². The molecule has 1 aromatic carbocycles. The molecule has 0 saturated heterocycles. The number of thiazole rings is 1. The maximum absolute atomic E-state index is 12.5. The average molecular weight is 436 g/mol. The lowest BCUT2D eigenvalue weighted by atomic mass is 10.0. The Morgan fingerprint density at radius 3 is 2.55 bits per heavy atom. The summed E-state index contributed by atoms with van der Waals surface area (Å²) in [6, 6.07) is 5.97. The van der Waals surface area contributed by atoms with E-state index in [9.17, 15) is 13.2 Å². The molecular formula is C21H29N3O3S2. The number of hydrogen-bond donors (Lipinski definition) is 1. The van der Waals surface area contributed by atoms with E-state index in [0.29, 0.717) is 12.1 Å². The smallest absolute Gasteiger partial charge is 0.251 e. The van der Waals surface area contributed by atoms with Gasteiger partial charge >= 0.3 is 0 Å². The highest BCUT2D eigenvalue weighted by Crippen LogP contribution is 2.27. The molecule has 0 unspecified atom stereocenters. The quantitative estimate of drug-likeness (QED) is 0.645. The number of fused-ring (bicyclic) bond motifs is 1. The average Bonchev–Trinajstić information content (AvgIpc) is 3.13. The predicted molar refractivity (Wildman–Crippen MR) is 116 cm³/mol. The number of hydrogen-bond acceptors (Lipinski definition) is 5. The topological polar surface area (TPSA) is 79.4 Å². The van der Waals surface area contributed by atoms with Crippen LogP contribution in [0.15, 0.2) is 29.2 Å². The highest BCUT2D eigenvalue weighted by atomic mass is 32.2. The van der Waals surface area contributed by atoms with Crippen LogP contribution in [0, 0.1) is 0 Å². The Morgan fingerprint density at radius 1 is 1.21 bits per heavy atom. The van der Waals surface area contributed by atoms with Gasteiger partial charge in [0.1, 0.15) is 0 Å². The van der Waals surface area contributed by atoms with Gasteiger partial charge in [0.15, 0.2) is 0 Å². The number of aryl methyl sites for hydroxylation is 3. The van der Waals surface area contributed by atoms with E-state index >= 15 is 0 Å². The summed E-state index contributed by atoms with van der Waals surface area (Å²) in [4.78, 5) is 18.7. The van der Waals surface area contributed by atoms with E-state index in [1.807, 2.05) is 25.2 Å². The lowest BCUT2D eigenvalue weighted by Gasteiger charge is -2.21. The summed E-state index contributed by atoms with van der Waals surface area (Å²) >= 11 is 1.81. The first-order chi connectivity index (χ1) is 13.8. The Balaban J connectivity index is 1.50. The summed E-state index contributed by atoms with van der Waals surface area (Å²) in [6.45, 7) is 4.21. The molecule has 1 heterocycles. The van der Waals surface area contributed by atoms with Crippen LogP contribution in [0.3, 0.4) is 0 Å². The minimum atomic E-state index is -3.54. The molecular weight excluding hydrogens is 406 g/mol. The number of benzene rings is 1. The summed E-state index contributed by atoms with van der Waals surface area (Å²) in [5.41, 5.74) is 1.74. The van der Waals surface area contributed by atoms with Gasteiger partial charge in [-0.1, -0.05) is 0 Å². The highest BCUT2D eigenvalue weighted by molar-refractivity contribution is 7.89. The first-order valence-electron chi connectivity index (χ1n) is 10.1. The molecule has 2 aromatic rings. The number of carbonyl (C=O) groups is 1. The Labute approximate surface area is 177 Å². The summed E-state index contributed by atoms with van der Waals surface area (Å²) < 4.78 is 26.3. The molecule has 0 atom stereocenters. The largest absolute Gasteiger partial charge is 0.352 e. The van der Waals surface area contributed by atoms with Crippen LogP contribution in [-0.4, -0.2) is 43.2 Å². The van der Waals surface area contributed by atoms with Gasteiger partial charge in [-0.15, -0.1) is 11.3 Å². The molecule has 0 fully saturated rings. The summed E-state index contributed by atoms with van der Waals surface area (Å²) in [7, 11) is -1.98. The molecule has 158 valence electrons. The number of amides is 1. The van der Waals surface area contributed by atoms with Crippen molar-refractivity contribution < 1.29 is 13.2 Å². The van der Waals surface area contributed by atoms with Crippen molar-refractivity contribution in [1.29, 1.82) is 0 Å². The second kappa shape index (κ2) is 9.36. The lowest BCUT2D eigenvalue weighted by Crippen LogP contribution is -2.33. The molecule has 3 rings (SSSR count). The third kappa shape index (κ3) is 5.24. The van der Waals surface area contributed by atoms with E-state index in [4.69, 9.17) is 4.98 Å². The Morgan fingerprint density at radius 2 is 1.90 bits per heavy atom. The molecule has 8 heteroatoms. The molecule has 0 aliphatic heterocycles. The fourth-order valence-corrected chi connectivity index (χ4v) is 5.84. The van der Waals surface area contributed by atoms with Gasteiger partial charge in [-0.05, 0) is 70.2 Å². The van der Waals surface area contributed by atoms with E-state index in [0.717, 1.165) is 30.7 Å². The number of sulfonamides is 1. The molecule has 0 spiro atoms. The van der Waals surface area contributed by atoms with Gasteiger partial charge in [0.2, 0.25) is 10.0 Å². The second-order valence-corrected chi connectivity index (χ2v) is 10.8. The zero-order chi connectivity index (χ0) is 21.0. The van der Waals surface area contributed by atoms with Crippen molar-refractivity contribution in [2.24, 2.45) is 0 Å². The van der Waals surface area contributed by atoms with Crippen molar-refractivity contribution in [2.75, 3.05) is 13.6 Å². The third-order valence-electron chi connectivity index (χ3n) is 5.26. The molecule has 0 bridgehead atoms. The Hall–Kier alpha value is -1.77. The third-order valence-corrected chi connectivity index (χ3v) is 8.53. The first kappa shape index (κ1) is 21.9. The van der Waals surface area contributed by atoms with Gasteiger partial charge in [-0.3, -0.25) is 4.79 Å². The zero-order valence-corrected chi connectivity index (χ0v) is 18.9. The van der Waals surface area contributed by atoms with Crippen LogP contribution in [0.2, 0.25) is 0 Å². The van der Waals surface area contributed by atoms with E-state index < -0.39 is 10.0 Å². The number of nitrogens with zero attached hydrogens (tertiary/aromatic N) is 2. The highest BCUT2D eigenvalue weighted by Gasteiger charge is 2.23. The number of rotatable bonds is 8. The number of carbonyl (C=O) groups excluding carboxylic acids is 1. The van der Waals surface area contributed by atoms with Crippen LogP contribution < -0.4 is 5.32 Å². The molecule has 1 amide bonds. The maximum atomic E-state index is 12.5. The fraction of sp³-hybridized carbons (Fsp3) is 0.524. The van der Waals surface area contributed by atoms with Crippen LogP contribution in [0.25, 0.3) is 0 Å².